The van der Waals surface area contributed by atoms with Crippen LogP contribution in [0.1, 0.15) is 0 Å². The minimum absolute atomic E-state index is 0.208. The number of hydrogen-bond acceptors (Lipinski definition) is 4. The molecule has 0 bridgehead atoms. The Morgan fingerprint density at radius 3 is 2.56 bits per heavy atom. The average molecular weight is 222 g/mol. The minimum Gasteiger partial charge on any atom is -0.509 e. The van der Waals surface area contributed by atoms with Crippen molar-refractivity contribution in [2.75, 3.05) is 0 Å². The molecule has 0 radical (unpaired) electrons. The second-order valence-corrected chi connectivity index (χ2v) is 3.04. The highest BCUT2D eigenvalue weighted by molar-refractivity contribution is 6.33. The molecular weight excluding hydrogens is 214 g/mol. The van der Waals surface area contributed by atoms with Crippen LogP contribution in [-0.2, 0) is 0 Å². The first-order valence-electron chi connectivity index (χ1n) is 4.48. The van der Waals surface area contributed by atoms with E-state index < -0.39 is 7.32 Å². The van der Waals surface area contributed by atoms with Gasteiger partial charge in [0.05, 0.1) is 18.1 Å². The largest absolute Gasteiger partial charge is 0.707 e. The number of aromatic nitrogens is 2. The van der Waals surface area contributed by atoms with E-state index in [9.17, 15) is 4.39 Å². The van der Waals surface area contributed by atoms with Crippen LogP contribution in [0.5, 0.6) is 5.75 Å². The number of halogens is 1. The van der Waals surface area contributed by atoms with Gasteiger partial charge >= 0.3 is 7.32 Å². The summed E-state index contributed by atoms with van der Waals surface area (Å²) in [6.45, 7) is 0. The maximum atomic E-state index is 12.7. The minimum atomic E-state index is -1.88. The van der Waals surface area contributed by atoms with E-state index >= 15 is 0 Å². The Labute approximate surface area is 90.9 Å². The van der Waals surface area contributed by atoms with Crippen molar-refractivity contribution in [3.63, 3.8) is 0 Å². The summed E-state index contributed by atoms with van der Waals surface area (Å²) in [5, 5.41) is 21.1. The predicted molar refractivity (Wildman–Crippen MR) is 54.3 cm³/mol. The third-order valence-corrected chi connectivity index (χ3v) is 1.89. The van der Waals surface area contributed by atoms with Crippen LogP contribution in [0.25, 0.3) is 5.69 Å². The maximum absolute atomic E-state index is 12.7. The molecule has 0 unspecified atom stereocenters. The van der Waals surface area contributed by atoms with E-state index in [1.807, 2.05) is 0 Å². The van der Waals surface area contributed by atoms with Crippen molar-refractivity contribution in [1.82, 2.24) is 9.78 Å². The van der Waals surface area contributed by atoms with Gasteiger partial charge in [0, 0.05) is 0 Å². The van der Waals surface area contributed by atoms with Gasteiger partial charge in [-0.1, -0.05) is 0 Å². The number of nitrogens with zero attached hydrogens (tertiary/aromatic N) is 2. The van der Waals surface area contributed by atoms with E-state index in [1.165, 1.54) is 29.2 Å². The summed E-state index contributed by atoms with van der Waals surface area (Å²) in [6.07, 6.45) is 2.77. The lowest BCUT2D eigenvalue weighted by atomic mass is 10.2. The first-order chi connectivity index (χ1) is 7.65. The van der Waals surface area contributed by atoms with Crippen molar-refractivity contribution < 1.29 is 19.1 Å². The lowest BCUT2D eigenvalue weighted by Crippen LogP contribution is -2.20. The van der Waals surface area contributed by atoms with E-state index in [0.29, 0.717) is 5.69 Å². The van der Waals surface area contributed by atoms with Crippen molar-refractivity contribution >= 4 is 7.32 Å². The molecule has 5 nitrogen and oxygen atoms in total. The first-order valence-corrected chi connectivity index (χ1v) is 4.48. The van der Waals surface area contributed by atoms with Gasteiger partial charge in [0.2, 0.25) is 0 Å². The highest BCUT2D eigenvalue weighted by atomic mass is 19.1. The zero-order valence-corrected chi connectivity index (χ0v) is 8.12. The normalized spacial score (nSPS) is 10.2. The molecule has 16 heavy (non-hydrogen) atoms. The number of hydrogen-bond donors (Lipinski definition) is 2. The molecule has 0 aliphatic rings. The molecule has 0 aliphatic carbocycles. The highest BCUT2D eigenvalue weighted by Crippen LogP contribution is 2.14. The molecule has 0 spiro atoms. The van der Waals surface area contributed by atoms with E-state index in [-0.39, 0.29) is 11.6 Å². The summed E-state index contributed by atoms with van der Waals surface area (Å²) in [4.78, 5) is 0. The van der Waals surface area contributed by atoms with Gasteiger partial charge < -0.3 is 14.7 Å². The molecule has 2 aromatic rings. The van der Waals surface area contributed by atoms with Crippen LogP contribution < -0.4 is 4.65 Å². The zero-order chi connectivity index (χ0) is 11.5. The molecule has 2 N–H and O–H groups in total. The number of benzene rings is 1. The van der Waals surface area contributed by atoms with E-state index in [2.05, 4.69) is 9.75 Å². The predicted octanol–water partition coefficient (Wildman–Crippen LogP) is 0.360. The van der Waals surface area contributed by atoms with Crippen LogP contribution in [0.3, 0.4) is 0 Å². The molecule has 0 saturated carbocycles. The van der Waals surface area contributed by atoms with Gasteiger partial charge in [-0.25, -0.2) is 9.07 Å². The fraction of sp³-hybridized carbons (Fsp3) is 0. The smallest absolute Gasteiger partial charge is 0.509 e. The van der Waals surface area contributed by atoms with Crippen molar-refractivity contribution in [2.24, 2.45) is 0 Å². The van der Waals surface area contributed by atoms with Gasteiger partial charge in [-0.2, -0.15) is 5.10 Å². The molecule has 0 atom stereocenters. The Balaban J connectivity index is 2.21. The highest BCUT2D eigenvalue weighted by Gasteiger charge is 2.12. The zero-order valence-electron chi connectivity index (χ0n) is 8.12. The summed E-state index contributed by atoms with van der Waals surface area (Å²) in [5.41, 5.74) is 0.642. The molecule has 1 aromatic heterocycles. The van der Waals surface area contributed by atoms with Gasteiger partial charge in [-0.15, -0.1) is 0 Å². The third-order valence-electron chi connectivity index (χ3n) is 1.89. The van der Waals surface area contributed by atoms with Crippen LogP contribution in [0.2, 0.25) is 0 Å². The van der Waals surface area contributed by atoms with E-state index in [4.69, 9.17) is 10.0 Å². The summed E-state index contributed by atoms with van der Waals surface area (Å²) in [6, 6.07) is 5.69. The van der Waals surface area contributed by atoms with Crippen LogP contribution in [-0.4, -0.2) is 27.1 Å². The molecule has 1 heterocycles. The van der Waals surface area contributed by atoms with Gasteiger partial charge in [-0.3, -0.25) is 0 Å². The molecular formula is C9H8BFN2O3. The standard InChI is InChI=1S/C9H8BFN2O3/c11-7-1-3-8(4-2-7)13-6-9(5-12-13)16-10(14)15/h1-6,14-15H. The fourth-order valence-corrected chi connectivity index (χ4v) is 1.22. The molecule has 0 saturated heterocycles. The van der Waals surface area contributed by atoms with Crippen molar-refractivity contribution in [3.8, 4) is 11.4 Å². The summed E-state index contributed by atoms with van der Waals surface area (Å²) >= 11 is 0. The average Bonchev–Trinajstić information content (AvgIpc) is 2.66. The first kappa shape index (κ1) is 10.7. The van der Waals surface area contributed by atoms with E-state index in [0.717, 1.165) is 0 Å². The van der Waals surface area contributed by atoms with Gasteiger partial charge in [0.1, 0.15) is 11.6 Å². The van der Waals surface area contributed by atoms with Crippen molar-refractivity contribution in [1.29, 1.82) is 0 Å². The van der Waals surface area contributed by atoms with E-state index in [1.54, 1.807) is 12.1 Å². The van der Waals surface area contributed by atoms with Crippen LogP contribution in [0, 0.1) is 5.82 Å². The fourth-order valence-electron chi connectivity index (χ4n) is 1.22. The topological polar surface area (TPSA) is 67.5 Å². The maximum Gasteiger partial charge on any atom is 0.707 e. The molecule has 0 amide bonds. The van der Waals surface area contributed by atoms with Crippen molar-refractivity contribution in [2.45, 2.75) is 0 Å². The van der Waals surface area contributed by atoms with Gasteiger partial charge in [-0.05, 0) is 24.3 Å². The monoisotopic (exact) mass is 222 g/mol. The van der Waals surface area contributed by atoms with Gasteiger partial charge in [0.15, 0.2) is 0 Å². The van der Waals surface area contributed by atoms with Crippen LogP contribution in [0.15, 0.2) is 36.7 Å². The lowest BCUT2D eigenvalue weighted by molar-refractivity contribution is 0.288. The SMILES string of the molecule is OB(O)Oc1cnn(-c2ccc(F)cc2)c1. The quantitative estimate of drug-likeness (QED) is 0.735. The Morgan fingerprint density at radius 2 is 1.94 bits per heavy atom. The van der Waals surface area contributed by atoms with Crippen LogP contribution in [0.4, 0.5) is 4.39 Å². The summed E-state index contributed by atoms with van der Waals surface area (Å²) in [5.74, 6) is -0.127. The Hall–Kier alpha value is -1.86. The Morgan fingerprint density at radius 1 is 1.25 bits per heavy atom. The molecule has 0 aliphatic heterocycles. The van der Waals surface area contributed by atoms with Crippen LogP contribution >= 0.6 is 0 Å². The molecule has 0 fully saturated rings. The summed E-state index contributed by atoms with van der Waals surface area (Å²) in [7, 11) is -1.88. The Kier molecular flexibility index (Phi) is 2.89. The van der Waals surface area contributed by atoms with Gasteiger partial charge in [0.25, 0.3) is 0 Å². The third kappa shape index (κ3) is 2.39. The molecule has 7 heteroatoms. The Bertz CT molecular complexity index is 472. The second-order valence-electron chi connectivity index (χ2n) is 3.04. The number of rotatable bonds is 3. The summed E-state index contributed by atoms with van der Waals surface area (Å²) < 4.78 is 18.7. The molecule has 1 aromatic carbocycles. The second kappa shape index (κ2) is 4.34. The van der Waals surface area contributed by atoms with Crippen molar-refractivity contribution in [3.05, 3.63) is 42.5 Å². The molecule has 2 rings (SSSR count). The molecule has 82 valence electrons. The lowest BCUT2D eigenvalue weighted by Gasteiger charge is -2.00.